The summed E-state index contributed by atoms with van der Waals surface area (Å²) in [5, 5.41) is 0. The predicted molar refractivity (Wildman–Crippen MR) is 99.1 cm³/mol. The first-order valence-corrected chi connectivity index (χ1v) is 8.37. The molecule has 0 atom stereocenters. The Balaban J connectivity index is 1.83. The van der Waals surface area contributed by atoms with Crippen molar-refractivity contribution in [1.29, 1.82) is 0 Å². The number of piperazine rings is 1. The summed E-state index contributed by atoms with van der Waals surface area (Å²) in [6.45, 7) is 1.36. The number of hydrogen-bond acceptors (Lipinski definition) is 5. The number of rotatable bonds is 4. The first-order valence-electron chi connectivity index (χ1n) is 8.37. The molecule has 0 spiro atoms. The third-order valence-electron chi connectivity index (χ3n) is 4.38. The van der Waals surface area contributed by atoms with E-state index in [1.807, 2.05) is 6.92 Å². The molecule has 1 fully saturated rings. The molecule has 0 unspecified atom stereocenters. The number of anilines is 1. The Hall–Kier alpha value is -3.35. The third-order valence-corrected chi connectivity index (χ3v) is 4.38. The van der Waals surface area contributed by atoms with Gasteiger partial charge < -0.3 is 14.4 Å². The summed E-state index contributed by atoms with van der Waals surface area (Å²) in [5.41, 5.74) is 1.86. The Kier molecular flexibility index (Phi) is 5.12. The summed E-state index contributed by atoms with van der Waals surface area (Å²) >= 11 is 0. The van der Waals surface area contributed by atoms with Crippen molar-refractivity contribution in [2.75, 3.05) is 32.2 Å². The fourth-order valence-corrected chi connectivity index (χ4v) is 2.84. The summed E-state index contributed by atoms with van der Waals surface area (Å²) in [4.78, 5) is 40.1. The normalized spacial score (nSPS) is 14.3. The molecule has 1 heterocycles. The van der Waals surface area contributed by atoms with E-state index in [1.54, 1.807) is 42.5 Å². The van der Waals surface area contributed by atoms with Crippen LogP contribution < -0.4 is 14.4 Å². The van der Waals surface area contributed by atoms with Gasteiger partial charge in [0.2, 0.25) is 11.8 Å². The van der Waals surface area contributed by atoms with Crippen LogP contribution in [0, 0.1) is 6.92 Å². The highest BCUT2D eigenvalue weighted by atomic mass is 16.5. The van der Waals surface area contributed by atoms with Crippen molar-refractivity contribution < 1.29 is 23.9 Å². The second-order valence-electron chi connectivity index (χ2n) is 6.20. The quantitative estimate of drug-likeness (QED) is 0.772. The number of aryl methyl sites for hydroxylation is 1. The zero-order chi connectivity index (χ0) is 19.6. The number of amides is 3. The molecule has 0 aliphatic carbocycles. The molecule has 27 heavy (non-hydrogen) atoms. The molecule has 140 valence electrons. The van der Waals surface area contributed by atoms with Crippen LogP contribution in [0.4, 0.5) is 5.69 Å². The maximum Gasteiger partial charge on any atom is 0.260 e. The summed E-state index contributed by atoms with van der Waals surface area (Å²) in [5.74, 6) is -0.269. The molecule has 2 aromatic carbocycles. The van der Waals surface area contributed by atoms with E-state index in [2.05, 4.69) is 0 Å². The molecule has 1 saturated heterocycles. The fourth-order valence-electron chi connectivity index (χ4n) is 2.84. The molecule has 0 aromatic heterocycles. The molecule has 3 rings (SSSR count). The lowest BCUT2D eigenvalue weighted by Crippen LogP contribution is -2.55. The van der Waals surface area contributed by atoms with Crippen LogP contribution in [-0.2, 0) is 9.59 Å². The van der Waals surface area contributed by atoms with Crippen molar-refractivity contribution in [2.24, 2.45) is 0 Å². The van der Waals surface area contributed by atoms with Crippen LogP contribution in [0.15, 0.2) is 42.5 Å². The van der Waals surface area contributed by atoms with Crippen LogP contribution in [0.25, 0.3) is 0 Å². The van der Waals surface area contributed by atoms with Crippen molar-refractivity contribution in [3.8, 4) is 11.5 Å². The maximum atomic E-state index is 12.6. The smallest absolute Gasteiger partial charge is 0.260 e. The first-order chi connectivity index (χ1) is 12.9. The summed E-state index contributed by atoms with van der Waals surface area (Å²) in [6, 6.07) is 11.8. The van der Waals surface area contributed by atoms with Gasteiger partial charge in [0.25, 0.3) is 5.91 Å². The van der Waals surface area contributed by atoms with Crippen molar-refractivity contribution in [3.63, 3.8) is 0 Å². The Morgan fingerprint density at radius 2 is 1.48 bits per heavy atom. The molecular formula is C20H20N2O5. The lowest BCUT2D eigenvalue weighted by Gasteiger charge is -2.33. The summed E-state index contributed by atoms with van der Waals surface area (Å²) < 4.78 is 10.4. The number of methoxy groups -OCH3 is 2. The van der Waals surface area contributed by atoms with Gasteiger partial charge in [0.1, 0.15) is 24.6 Å². The van der Waals surface area contributed by atoms with E-state index in [1.165, 1.54) is 19.1 Å². The Labute approximate surface area is 157 Å². The zero-order valence-corrected chi connectivity index (χ0v) is 15.4. The van der Waals surface area contributed by atoms with Gasteiger partial charge in [0, 0.05) is 23.8 Å². The minimum absolute atomic E-state index is 0.229. The van der Waals surface area contributed by atoms with Gasteiger partial charge in [-0.3, -0.25) is 19.3 Å². The summed E-state index contributed by atoms with van der Waals surface area (Å²) in [7, 11) is 3.01. The molecule has 1 aliphatic heterocycles. The van der Waals surface area contributed by atoms with E-state index in [-0.39, 0.29) is 19.0 Å². The number of carbonyl (C=O) groups excluding carboxylic acids is 3. The molecular weight excluding hydrogens is 348 g/mol. The van der Waals surface area contributed by atoms with Crippen LogP contribution in [0.5, 0.6) is 11.5 Å². The molecule has 0 bridgehead atoms. The number of imide groups is 1. The van der Waals surface area contributed by atoms with Crippen molar-refractivity contribution in [3.05, 3.63) is 53.6 Å². The fraction of sp³-hybridized carbons (Fsp3) is 0.250. The topological polar surface area (TPSA) is 76.2 Å². The van der Waals surface area contributed by atoms with Crippen molar-refractivity contribution in [1.82, 2.24) is 4.90 Å². The minimum Gasteiger partial charge on any atom is -0.497 e. The summed E-state index contributed by atoms with van der Waals surface area (Å²) in [6.07, 6.45) is 0. The first kappa shape index (κ1) is 18.4. The monoisotopic (exact) mass is 368 g/mol. The highest BCUT2D eigenvalue weighted by molar-refractivity contribution is 6.14. The lowest BCUT2D eigenvalue weighted by molar-refractivity contribution is -0.135. The van der Waals surface area contributed by atoms with Crippen LogP contribution >= 0.6 is 0 Å². The average Bonchev–Trinajstić information content (AvgIpc) is 2.69. The van der Waals surface area contributed by atoms with Gasteiger partial charge in [-0.25, -0.2) is 0 Å². The molecule has 1 aliphatic rings. The number of carbonyl (C=O) groups is 3. The second kappa shape index (κ2) is 7.49. The van der Waals surface area contributed by atoms with Gasteiger partial charge in [-0.05, 0) is 19.1 Å². The van der Waals surface area contributed by atoms with Crippen molar-refractivity contribution >= 4 is 23.4 Å². The molecule has 0 N–H and O–H groups in total. The Morgan fingerprint density at radius 3 is 2.04 bits per heavy atom. The van der Waals surface area contributed by atoms with Crippen LogP contribution in [0.3, 0.4) is 0 Å². The van der Waals surface area contributed by atoms with Gasteiger partial charge in [-0.15, -0.1) is 0 Å². The maximum absolute atomic E-state index is 12.6. The van der Waals surface area contributed by atoms with Gasteiger partial charge in [0.05, 0.1) is 19.9 Å². The predicted octanol–water partition coefficient (Wildman–Crippen LogP) is 2.03. The van der Waals surface area contributed by atoms with Gasteiger partial charge >= 0.3 is 0 Å². The Morgan fingerprint density at radius 1 is 0.889 bits per heavy atom. The van der Waals surface area contributed by atoms with Gasteiger partial charge in [0.15, 0.2) is 0 Å². The van der Waals surface area contributed by atoms with E-state index in [9.17, 15) is 14.4 Å². The van der Waals surface area contributed by atoms with Gasteiger partial charge in [-0.2, -0.15) is 0 Å². The number of hydrogen-bond donors (Lipinski definition) is 0. The number of nitrogens with zero attached hydrogens (tertiary/aromatic N) is 2. The van der Waals surface area contributed by atoms with Crippen LogP contribution in [0.1, 0.15) is 15.9 Å². The molecule has 3 amide bonds. The van der Waals surface area contributed by atoms with Gasteiger partial charge in [-0.1, -0.05) is 17.7 Å². The highest BCUT2D eigenvalue weighted by Crippen LogP contribution is 2.29. The van der Waals surface area contributed by atoms with E-state index in [4.69, 9.17) is 9.47 Å². The van der Waals surface area contributed by atoms with Crippen molar-refractivity contribution in [2.45, 2.75) is 6.92 Å². The molecule has 7 heteroatoms. The zero-order valence-electron chi connectivity index (χ0n) is 15.4. The molecule has 0 saturated carbocycles. The Bertz CT molecular complexity index is 869. The molecule has 2 aromatic rings. The van der Waals surface area contributed by atoms with Crippen LogP contribution in [0.2, 0.25) is 0 Å². The molecule has 0 radical (unpaired) electrons. The SMILES string of the molecule is COc1cc(OC)cc(N2CC(=O)N(C(=O)c3ccc(C)cc3)CC2=O)c1. The standard InChI is InChI=1S/C20H20N2O5/c1-13-4-6-14(7-5-13)20(25)22-12-18(23)21(11-19(22)24)15-8-16(26-2)10-17(9-15)27-3/h4-10H,11-12H2,1-3H3. The van der Waals surface area contributed by atoms with E-state index < -0.39 is 11.8 Å². The van der Waals surface area contributed by atoms with E-state index in [0.29, 0.717) is 22.7 Å². The van der Waals surface area contributed by atoms with Crippen LogP contribution in [-0.4, -0.2) is 49.9 Å². The highest BCUT2D eigenvalue weighted by Gasteiger charge is 2.35. The number of benzene rings is 2. The molecule has 7 nitrogen and oxygen atoms in total. The van der Waals surface area contributed by atoms with E-state index in [0.717, 1.165) is 10.5 Å². The minimum atomic E-state index is -0.476. The largest absolute Gasteiger partial charge is 0.497 e. The third kappa shape index (κ3) is 3.76. The number of ether oxygens (including phenoxy) is 2. The second-order valence-corrected chi connectivity index (χ2v) is 6.20. The van der Waals surface area contributed by atoms with E-state index >= 15 is 0 Å². The average molecular weight is 368 g/mol. The lowest BCUT2D eigenvalue weighted by atomic mass is 10.1.